The molecular weight excluding hydrogens is 236 g/mol. The molecule has 1 aromatic carbocycles. The van der Waals surface area contributed by atoms with E-state index in [-0.39, 0.29) is 5.75 Å². The molecule has 0 saturated carbocycles. The summed E-state index contributed by atoms with van der Waals surface area (Å²) in [6.45, 7) is 3.00. The van der Waals surface area contributed by atoms with Crippen LogP contribution in [0.2, 0.25) is 0 Å². The van der Waals surface area contributed by atoms with Crippen LogP contribution in [0.4, 0.5) is 5.69 Å². The number of likely N-dealkylation sites (N-methyl/N-ethyl adjacent to an activating group) is 1. The van der Waals surface area contributed by atoms with Crippen LogP contribution in [0.3, 0.4) is 0 Å². The molecule has 1 aromatic rings. The molecule has 17 heavy (non-hydrogen) atoms. The molecule has 0 aromatic heterocycles. The fourth-order valence-corrected chi connectivity index (χ4v) is 3.31. The Kier molecular flexibility index (Phi) is 4.96. The van der Waals surface area contributed by atoms with Crippen molar-refractivity contribution in [3.8, 4) is 0 Å². The number of anilines is 1. The van der Waals surface area contributed by atoms with Gasteiger partial charge < -0.3 is 10.6 Å². The fourth-order valence-electron chi connectivity index (χ4n) is 1.73. The molecule has 0 spiro atoms. The summed E-state index contributed by atoms with van der Waals surface area (Å²) in [5, 5.41) is 0. The number of para-hydroxylation sites is 1. The first-order valence-corrected chi connectivity index (χ1v) is 7.41. The van der Waals surface area contributed by atoms with E-state index in [2.05, 4.69) is 0 Å². The van der Waals surface area contributed by atoms with Crippen LogP contribution in [-0.2, 0) is 9.84 Å². The van der Waals surface area contributed by atoms with Crippen molar-refractivity contribution >= 4 is 15.5 Å². The summed E-state index contributed by atoms with van der Waals surface area (Å²) in [5.74, 6) is 0.181. The van der Waals surface area contributed by atoms with Gasteiger partial charge in [0.1, 0.15) is 0 Å². The highest BCUT2D eigenvalue weighted by Crippen LogP contribution is 2.25. The number of hydrogen-bond donors (Lipinski definition) is 1. The van der Waals surface area contributed by atoms with Gasteiger partial charge in [-0.05, 0) is 18.6 Å². The molecule has 0 fully saturated rings. The summed E-state index contributed by atoms with van der Waals surface area (Å²) >= 11 is 0. The molecule has 0 radical (unpaired) electrons. The summed E-state index contributed by atoms with van der Waals surface area (Å²) in [6, 6.07) is 7.07. The lowest BCUT2D eigenvalue weighted by Crippen LogP contribution is -2.26. The second kappa shape index (κ2) is 6.02. The minimum Gasteiger partial charge on any atom is -0.372 e. The van der Waals surface area contributed by atoms with E-state index in [0.29, 0.717) is 24.4 Å². The van der Waals surface area contributed by atoms with Gasteiger partial charge in [-0.2, -0.15) is 0 Å². The van der Waals surface area contributed by atoms with Gasteiger partial charge in [0.2, 0.25) is 0 Å². The molecule has 0 unspecified atom stereocenters. The van der Waals surface area contributed by atoms with Gasteiger partial charge in [-0.1, -0.05) is 19.1 Å². The number of benzene rings is 1. The van der Waals surface area contributed by atoms with E-state index in [1.54, 1.807) is 12.1 Å². The second-order valence-electron chi connectivity index (χ2n) is 4.00. The molecular formula is C12H20N2O2S. The van der Waals surface area contributed by atoms with E-state index in [0.717, 1.165) is 5.69 Å². The summed E-state index contributed by atoms with van der Waals surface area (Å²) in [7, 11) is -1.33. The molecule has 2 N–H and O–H groups in total. The van der Waals surface area contributed by atoms with Crippen molar-refractivity contribution in [1.82, 2.24) is 0 Å². The molecule has 0 heterocycles. The molecule has 0 aliphatic heterocycles. The van der Waals surface area contributed by atoms with Crippen molar-refractivity contribution in [3.05, 3.63) is 24.3 Å². The van der Waals surface area contributed by atoms with Gasteiger partial charge in [-0.25, -0.2) is 8.42 Å². The third-order valence-electron chi connectivity index (χ3n) is 2.55. The van der Waals surface area contributed by atoms with Crippen LogP contribution in [-0.4, -0.2) is 34.3 Å². The van der Waals surface area contributed by atoms with Crippen LogP contribution in [0.15, 0.2) is 29.2 Å². The van der Waals surface area contributed by atoms with E-state index in [1.165, 1.54) is 0 Å². The van der Waals surface area contributed by atoms with Crippen molar-refractivity contribution in [2.45, 2.75) is 18.2 Å². The van der Waals surface area contributed by atoms with Gasteiger partial charge in [0.15, 0.2) is 9.84 Å². The number of sulfone groups is 1. The van der Waals surface area contributed by atoms with Crippen molar-refractivity contribution in [1.29, 1.82) is 0 Å². The topological polar surface area (TPSA) is 63.4 Å². The number of rotatable bonds is 6. The Morgan fingerprint density at radius 3 is 2.53 bits per heavy atom. The van der Waals surface area contributed by atoms with Crippen molar-refractivity contribution in [3.63, 3.8) is 0 Å². The lowest BCUT2D eigenvalue weighted by Gasteiger charge is -2.21. The largest absolute Gasteiger partial charge is 0.372 e. The van der Waals surface area contributed by atoms with E-state index in [1.807, 2.05) is 31.0 Å². The third-order valence-corrected chi connectivity index (χ3v) is 4.51. The quantitative estimate of drug-likeness (QED) is 0.832. The summed E-state index contributed by atoms with van der Waals surface area (Å²) in [4.78, 5) is 2.28. The molecule has 0 bridgehead atoms. The molecule has 0 amide bonds. The zero-order chi connectivity index (χ0) is 12.9. The minimum absolute atomic E-state index is 0.181. The van der Waals surface area contributed by atoms with E-state index >= 15 is 0 Å². The lowest BCUT2D eigenvalue weighted by molar-refractivity contribution is 0.594. The van der Waals surface area contributed by atoms with Crippen LogP contribution in [0.5, 0.6) is 0 Å². The van der Waals surface area contributed by atoms with Crippen LogP contribution < -0.4 is 10.6 Å². The van der Waals surface area contributed by atoms with Crippen molar-refractivity contribution in [2.24, 2.45) is 5.73 Å². The molecule has 1 rings (SSSR count). The Balaban J connectivity index is 3.16. The van der Waals surface area contributed by atoms with Gasteiger partial charge >= 0.3 is 0 Å². The average molecular weight is 256 g/mol. The predicted octanol–water partition coefficient (Wildman–Crippen LogP) is 1.27. The van der Waals surface area contributed by atoms with Crippen molar-refractivity contribution < 1.29 is 8.42 Å². The number of nitrogens with zero attached hydrogens (tertiary/aromatic N) is 1. The molecule has 96 valence electrons. The van der Waals surface area contributed by atoms with Crippen LogP contribution >= 0.6 is 0 Å². The van der Waals surface area contributed by atoms with E-state index < -0.39 is 9.84 Å². The number of hydrogen-bond acceptors (Lipinski definition) is 4. The standard InChI is InChI=1S/C12H20N2O2S/c1-3-10-17(15,16)12-7-5-4-6-11(12)14(2)9-8-13/h4-7H,3,8-10,13H2,1-2H3. The highest BCUT2D eigenvalue weighted by molar-refractivity contribution is 7.91. The first-order chi connectivity index (χ1) is 8.03. The molecule has 0 saturated heterocycles. The minimum atomic E-state index is -3.19. The Bertz CT molecular complexity index is 457. The zero-order valence-electron chi connectivity index (χ0n) is 10.4. The van der Waals surface area contributed by atoms with Crippen LogP contribution in [0.25, 0.3) is 0 Å². The zero-order valence-corrected chi connectivity index (χ0v) is 11.2. The Hall–Kier alpha value is -1.07. The molecule has 0 aliphatic rings. The summed E-state index contributed by atoms with van der Waals surface area (Å²) in [6.07, 6.45) is 0.622. The third kappa shape index (κ3) is 3.44. The predicted molar refractivity (Wildman–Crippen MR) is 71.1 cm³/mol. The SMILES string of the molecule is CCCS(=O)(=O)c1ccccc1N(C)CCN. The normalized spacial score (nSPS) is 11.5. The highest BCUT2D eigenvalue weighted by atomic mass is 32.2. The van der Waals surface area contributed by atoms with Gasteiger partial charge in [-0.3, -0.25) is 0 Å². The van der Waals surface area contributed by atoms with E-state index in [9.17, 15) is 8.42 Å². The fraction of sp³-hybridized carbons (Fsp3) is 0.500. The first kappa shape index (κ1) is 14.0. The maximum Gasteiger partial charge on any atom is 0.180 e. The Labute approximate surface area is 103 Å². The maximum atomic E-state index is 12.1. The highest BCUT2D eigenvalue weighted by Gasteiger charge is 2.18. The van der Waals surface area contributed by atoms with Gasteiger partial charge in [-0.15, -0.1) is 0 Å². The summed E-state index contributed by atoms with van der Waals surface area (Å²) < 4.78 is 24.2. The summed E-state index contributed by atoms with van der Waals surface area (Å²) in [5.41, 5.74) is 6.22. The second-order valence-corrected chi connectivity index (χ2v) is 6.07. The van der Waals surface area contributed by atoms with Gasteiger partial charge in [0, 0.05) is 20.1 Å². The Morgan fingerprint density at radius 2 is 1.94 bits per heavy atom. The van der Waals surface area contributed by atoms with Crippen molar-refractivity contribution in [2.75, 3.05) is 30.8 Å². The monoisotopic (exact) mass is 256 g/mol. The molecule has 0 aliphatic carbocycles. The molecule has 5 heteroatoms. The van der Waals surface area contributed by atoms with Gasteiger partial charge in [0.05, 0.1) is 16.3 Å². The first-order valence-electron chi connectivity index (χ1n) is 5.76. The average Bonchev–Trinajstić information content (AvgIpc) is 2.29. The van der Waals surface area contributed by atoms with Crippen LogP contribution in [0, 0.1) is 0 Å². The van der Waals surface area contributed by atoms with Gasteiger partial charge in [0.25, 0.3) is 0 Å². The lowest BCUT2D eigenvalue weighted by atomic mass is 10.3. The maximum absolute atomic E-state index is 12.1. The Morgan fingerprint density at radius 1 is 1.29 bits per heavy atom. The molecule has 0 atom stereocenters. The van der Waals surface area contributed by atoms with Crippen LogP contribution in [0.1, 0.15) is 13.3 Å². The molecule has 4 nitrogen and oxygen atoms in total. The smallest absolute Gasteiger partial charge is 0.180 e. The number of nitrogens with two attached hydrogens (primary N) is 1. The van der Waals surface area contributed by atoms with E-state index in [4.69, 9.17) is 5.73 Å².